The van der Waals surface area contributed by atoms with Gasteiger partial charge in [-0.2, -0.15) is 0 Å². The highest BCUT2D eigenvalue weighted by molar-refractivity contribution is 6.38. The SMILES string of the molecule is CCOC(=O)C(=O)/C=C(\NCc1ccccc1)C(F)F. The molecule has 1 aromatic rings. The van der Waals surface area contributed by atoms with E-state index in [0.717, 1.165) is 5.56 Å². The number of hydrogen-bond acceptors (Lipinski definition) is 4. The van der Waals surface area contributed by atoms with Crippen LogP contribution in [-0.4, -0.2) is 24.8 Å². The summed E-state index contributed by atoms with van der Waals surface area (Å²) >= 11 is 0. The Morgan fingerprint density at radius 3 is 2.50 bits per heavy atom. The van der Waals surface area contributed by atoms with Crippen LogP contribution in [0.5, 0.6) is 0 Å². The van der Waals surface area contributed by atoms with Crippen LogP contribution in [0.1, 0.15) is 12.5 Å². The zero-order valence-corrected chi connectivity index (χ0v) is 10.9. The number of nitrogens with one attached hydrogen (secondary N) is 1. The van der Waals surface area contributed by atoms with Gasteiger partial charge in [0, 0.05) is 12.6 Å². The molecule has 0 saturated heterocycles. The van der Waals surface area contributed by atoms with Gasteiger partial charge in [0.2, 0.25) is 0 Å². The van der Waals surface area contributed by atoms with Gasteiger partial charge >= 0.3 is 5.97 Å². The largest absolute Gasteiger partial charge is 0.460 e. The van der Waals surface area contributed by atoms with Crippen LogP contribution in [-0.2, 0) is 20.9 Å². The second kappa shape index (κ2) is 8.04. The number of esters is 1. The smallest absolute Gasteiger partial charge is 0.379 e. The minimum atomic E-state index is -2.88. The third-order valence-electron chi connectivity index (χ3n) is 2.34. The Morgan fingerprint density at radius 1 is 1.30 bits per heavy atom. The first-order valence-corrected chi connectivity index (χ1v) is 6.03. The van der Waals surface area contributed by atoms with Gasteiger partial charge < -0.3 is 10.1 Å². The standard InChI is InChI=1S/C14H15F2NO3/c1-2-20-14(19)12(18)8-11(13(15)16)17-9-10-6-4-3-5-7-10/h3-8,13,17H,2,9H2,1H3/b11-8-. The maximum Gasteiger partial charge on any atom is 0.379 e. The summed E-state index contributed by atoms with van der Waals surface area (Å²) in [5.74, 6) is -2.25. The Morgan fingerprint density at radius 2 is 1.95 bits per heavy atom. The number of halogens is 2. The van der Waals surface area contributed by atoms with Crippen molar-refractivity contribution in [3.05, 3.63) is 47.7 Å². The molecular formula is C14H15F2NO3. The Hall–Kier alpha value is -2.24. The Balaban J connectivity index is 2.69. The van der Waals surface area contributed by atoms with Crippen LogP contribution >= 0.6 is 0 Å². The molecule has 0 aliphatic rings. The average Bonchev–Trinajstić information content (AvgIpc) is 2.44. The van der Waals surface area contributed by atoms with E-state index >= 15 is 0 Å². The van der Waals surface area contributed by atoms with Crippen molar-refractivity contribution in [3.63, 3.8) is 0 Å². The Bertz CT molecular complexity index is 486. The molecule has 0 unspecified atom stereocenters. The fraction of sp³-hybridized carbons (Fsp3) is 0.286. The van der Waals surface area contributed by atoms with Crippen molar-refractivity contribution in [2.75, 3.05) is 6.61 Å². The summed E-state index contributed by atoms with van der Waals surface area (Å²) < 4.78 is 30.0. The van der Waals surface area contributed by atoms with E-state index in [0.29, 0.717) is 6.08 Å². The predicted molar refractivity (Wildman–Crippen MR) is 69.0 cm³/mol. The van der Waals surface area contributed by atoms with E-state index in [2.05, 4.69) is 10.1 Å². The molecular weight excluding hydrogens is 268 g/mol. The van der Waals surface area contributed by atoms with E-state index in [4.69, 9.17) is 0 Å². The zero-order chi connectivity index (χ0) is 15.0. The van der Waals surface area contributed by atoms with Gasteiger partial charge in [-0.15, -0.1) is 0 Å². The van der Waals surface area contributed by atoms with Crippen LogP contribution < -0.4 is 5.32 Å². The Kier molecular flexibility index (Phi) is 6.36. The van der Waals surface area contributed by atoms with Crippen LogP contribution in [0.2, 0.25) is 0 Å². The molecule has 0 aromatic heterocycles. The summed E-state index contributed by atoms with van der Waals surface area (Å²) in [6.45, 7) is 1.67. The highest BCUT2D eigenvalue weighted by atomic mass is 19.3. The van der Waals surface area contributed by atoms with Gasteiger partial charge in [-0.05, 0) is 12.5 Å². The van der Waals surface area contributed by atoms with E-state index in [1.165, 1.54) is 6.92 Å². The van der Waals surface area contributed by atoms with Crippen molar-refractivity contribution < 1.29 is 23.1 Å². The molecule has 0 aliphatic carbocycles. The molecule has 0 spiro atoms. The molecule has 20 heavy (non-hydrogen) atoms. The van der Waals surface area contributed by atoms with Gasteiger partial charge in [-0.1, -0.05) is 30.3 Å². The number of allylic oxidation sites excluding steroid dienone is 1. The average molecular weight is 283 g/mol. The summed E-state index contributed by atoms with van der Waals surface area (Å²) in [7, 11) is 0. The van der Waals surface area contributed by atoms with E-state index in [9.17, 15) is 18.4 Å². The normalized spacial score (nSPS) is 11.3. The number of rotatable bonds is 7. The number of ether oxygens (including phenoxy) is 1. The van der Waals surface area contributed by atoms with Crippen molar-refractivity contribution in [3.8, 4) is 0 Å². The second-order valence-electron chi connectivity index (χ2n) is 3.82. The fourth-order valence-electron chi connectivity index (χ4n) is 1.39. The summed E-state index contributed by atoms with van der Waals surface area (Å²) in [6.07, 6.45) is -2.30. The van der Waals surface area contributed by atoms with E-state index in [1.54, 1.807) is 30.3 Å². The molecule has 6 heteroatoms. The first-order chi connectivity index (χ1) is 9.54. The lowest BCUT2D eigenvalue weighted by Crippen LogP contribution is -2.23. The molecule has 0 heterocycles. The van der Waals surface area contributed by atoms with E-state index in [-0.39, 0.29) is 13.2 Å². The van der Waals surface area contributed by atoms with Gasteiger partial charge in [0.1, 0.15) is 0 Å². The number of benzene rings is 1. The van der Waals surface area contributed by atoms with Crippen molar-refractivity contribution in [1.82, 2.24) is 5.32 Å². The quantitative estimate of drug-likeness (QED) is 0.473. The first kappa shape index (κ1) is 15.8. The summed E-state index contributed by atoms with van der Waals surface area (Å²) in [4.78, 5) is 22.4. The van der Waals surface area contributed by atoms with Crippen LogP contribution in [0, 0.1) is 0 Å². The first-order valence-electron chi connectivity index (χ1n) is 6.03. The van der Waals surface area contributed by atoms with Crippen molar-refractivity contribution in [2.24, 2.45) is 0 Å². The van der Waals surface area contributed by atoms with Crippen LogP contribution in [0.25, 0.3) is 0 Å². The molecule has 0 atom stereocenters. The molecule has 0 saturated carbocycles. The highest BCUT2D eigenvalue weighted by Crippen LogP contribution is 2.08. The van der Waals surface area contributed by atoms with Crippen molar-refractivity contribution in [2.45, 2.75) is 19.9 Å². The molecule has 0 radical (unpaired) electrons. The minimum absolute atomic E-state index is 0.0138. The molecule has 0 aliphatic heterocycles. The number of carbonyl (C=O) groups excluding carboxylic acids is 2. The van der Waals surface area contributed by atoms with Gasteiger partial charge in [0.15, 0.2) is 0 Å². The Labute approximate surface area is 115 Å². The molecule has 1 aromatic carbocycles. The van der Waals surface area contributed by atoms with Crippen LogP contribution in [0.3, 0.4) is 0 Å². The molecule has 1 N–H and O–H groups in total. The third kappa shape index (κ3) is 5.17. The number of alkyl halides is 2. The maximum absolute atomic E-state index is 12.8. The molecule has 0 fully saturated rings. The van der Waals surface area contributed by atoms with Crippen LogP contribution in [0.15, 0.2) is 42.1 Å². The van der Waals surface area contributed by atoms with Crippen LogP contribution in [0.4, 0.5) is 8.78 Å². The molecule has 0 bridgehead atoms. The molecule has 0 amide bonds. The van der Waals surface area contributed by atoms with Gasteiger partial charge in [-0.3, -0.25) is 4.79 Å². The summed E-state index contributed by atoms with van der Waals surface area (Å²) in [6, 6.07) is 8.85. The number of ketones is 1. The maximum atomic E-state index is 12.8. The molecule has 4 nitrogen and oxygen atoms in total. The minimum Gasteiger partial charge on any atom is -0.460 e. The molecule has 1 rings (SSSR count). The number of carbonyl (C=O) groups is 2. The number of hydrogen-bond donors (Lipinski definition) is 1. The summed E-state index contributed by atoms with van der Waals surface area (Å²) in [5.41, 5.74) is 0.175. The zero-order valence-electron chi connectivity index (χ0n) is 10.9. The van der Waals surface area contributed by atoms with Gasteiger partial charge in [0.05, 0.1) is 12.3 Å². The lowest BCUT2D eigenvalue weighted by molar-refractivity contribution is -0.151. The van der Waals surface area contributed by atoms with E-state index in [1.807, 2.05) is 0 Å². The van der Waals surface area contributed by atoms with Crippen molar-refractivity contribution in [1.29, 1.82) is 0 Å². The third-order valence-corrected chi connectivity index (χ3v) is 2.34. The lowest BCUT2D eigenvalue weighted by atomic mass is 10.2. The highest BCUT2D eigenvalue weighted by Gasteiger charge is 2.18. The fourth-order valence-corrected chi connectivity index (χ4v) is 1.39. The second-order valence-corrected chi connectivity index (χ2v) is 3.82. The summed E-state index contributed by atoms with van der Waals surface area (Å²) in [5, 5.41) is 2.45. The van der Waals surface area contributed by atoms with Crippen molar-refractivity contribution >= 4 is 11.8 Å². The molecule has 108 valence electrons. The van der Waals surface area contributed by atoms with Gasteiger partial charge in [0.25, 0.3) is 12.2 Å². The van der Waals surface area contributed by atoms with E-state index < -0.39 is 23.9 Å². The topological polar surface area (TPSA) is 55.4 Å². The predicted octanol–water partition coefficient (Wildman–Crippen LogP) is 2.06. The van der Waals surface area contributed by atoms with Gasteiger partial charge in [-0.25, -0.2) is 13.6 Å². The lowest BCUT2D eigenvalue weighted by Gasteiger charge is -2.10. The monoisotopic (exact) mass is 283 g/mol.